The molecule has 2 N–H and O–H groups in total. The Labute approximate surface area is 72.8 Å². The monoisotopic (exact) mass is 175 g/mol. The van der Waals surface area contributed by atoms with E-state index in [0.717, 1.165) is 19.4 Å². The summed E-state index contributed by atoms with van der Waals surface area (Å²) in [5.74, 6) is 0. The highest BCUT2D eigenvalue weighted by Gasteiger charge is 2.01. The lowest BCUT2D eigenvalue weighted by atomic mass is 10.3. The number of hydrogen-bond donors (Lipinski definition) is 2. The first-order chi connectivity index (χ1) is 5.85. The molecule has 0 aliphatic heterocycles. The summed E-state index contributed by atoms with van der Waals surface area (Å²) in [4.78, 5) is 12.1. The molecule has 4 heteroatoms. The molecule has 0 unspecified atom stereocenters. The van der Waals surface area contributed by atoms with Gasteiger partial charge in [-0.15, -0.1) is 0 Å². The Bertz CT molecular complexity index is 100. The first kappa shape index (κ1) is 11.6. The maximum Gasteiger partial charge on any atom is 0.133 e. The van der Waals surface area contributed by atoms with Gasteiger partial charge in [-0.3, -0.25) is 4.90 Å². The molecule has 0 saturated heterocycles. The number of carbonyl (C=O) groups excluding carboxylic acids is 1. The molecule has 0 rings (SSSR count). The van der Waals surface area contributed by atoms with E-state index in [1.807, 2.05) is 4.90 Å². The van der Waals surface area contributed by atoms with Crippen molar-refractivity contribution in [2.24, 2.45) is 0 Å². The lowest BCUT2D eigenvalue weighted by Gasteiger charge is -2.17. The summed E-state index contributed by atoms with van der Waals surface area (Å²) in [6.45, 7) is 2.12. The van der Waals surface area contributed by atoms with Gasteiger partial charge >= 0.3 is 0 Å². The van der Waals surface area contributed by atoms with Crippen LogP contribution in [0, 0.1) is 0 Å². The van der Waals surface area contributed by atoms with Gasteiger partial charge < -0.3 is 15.0 Å². The van der Waals surface area contributed by atoms with E-state index in [0.29, 0.717) is 19.4 Å². The Kier molecular flexibility index (Phi) is 8.32. The molecular formula is C8H17NO3. The Hall–Kier alpha value is -0.450. The van der Waals surface area contributed by atoms with Gasteiger partial charge in [0.1, 0.15) is 6.29 Å². The second-order valence-corrected chi connectivity index (χ2v) is 2.62. The molecule has 12 heavy (non-hydrogen) atoms. The molecule has 0 aromatic rings. The van der Waals surface area contributed by atoms with Crippen molar-refractivity contribution >= 4 is 6.29 Å². The average molecular weight is 175 g/mol. The van der Waals surface area contributed by atoms with Crippen LogP contribution in [-0.2, 0) is 4.79 Å². The first-order valence-electron chi connectivity index (χ1n) is 4.23. The summed E-state index contributed by atoms with van der Waals surface area (Å²) < 4.78 is 0. The predicted octanol–water partition coefficient (Wildman–Crippen LogP) is -0.748. The maximum atomic E-state index is 10.2. The smallest absolute Gasteiger partial charge is 0.133 e. The molecule has 0 heterocycles. The number of hydrogen-bond acceptors (Lipinski definition) is 4. The van der Waals surface area contributed by atoms with Gasteiger partial charge in [0.25, 0.3) is 0 Å². The minimum Gasteiger partial charge on any atom is -0.396 e. The maximum absolute atomic E-state index is 10.2. The number of aliphatic hydroxyl groups excluding tert-OH is 2. The van der Waals surface area contributed by atoms with Gasteiger partial charge in [0.15, 0.2) is 0 Å². The zero-order valence-corrected chi connectivity index (χ0v) is 7.28. The zero-order valence-electron chi connectivity index (χ0n) is 7.28. The molecule has 0 spiro atoms. The normalized spacial score (nSPS) is 10.6. The number of nitrogens with zero attached hydrogens (tertiary/aromatic N) is 1. The highest BCUT2D eigenvalue weighted by molar-refractivity contribution is 5.51. The standard InChI is InChI=1S/C8H17NO3/c10-6-1-3-9(5-8-12)4-2-7-11/h8,10-11H,1-7H2. The summed E-state index contributed by atoms with van der Waals surface area (Å²) in [5.41, 5.74) is 0. The van der Waals surface area contributed by atoms with E-state index in [-0.39, 0.29) is 13.2 Å². The molecule has 4 nitrogen and oxygen atoms in total. The number of rotatable bonds is 8. The highest BCUT2D eigenvalue weighted by Crippen LogP contribution is 1.91. The van der Waals surface area contributed by atoms with Crippen LogP contribution in [0.1, 0.15) is 12.8 Å². The fourth-order valence-corrected chi connectivity index (χ4v) is 0.988. The van der Waals surface area contributed by atoms with Crippen LogP contribution < -0.4 is 0 Å². The second-order valence-electron chi connectivity index (χ2n) is 2.62. The van der Waals surface area contributed by atoms with Crippen molar-refractivity contribution in [1.82, 2.24) is 4.90 Å². The van der Waals surface area contributed by atoms with Gasteiger partial charge in [-0.1, -0.05) is 0 Å². The third-order valence-electron chi connectivity index (χ3n) is 1.60. The van der Waals surface area contributed by atoms with Crippen molar-refractivity contribution in [3.05, 3.63) is 0 Å². The third kappa shape index (κ3) is 6.27. The van der Waals surface area contributed by atoms with Crippen molar-refractivity contribution in [2.45, 2.75) is 12.8 Å². The third-order valence-corrected chi connectivity index (χ3v) is 1.60. The van der Waals surface area contributed by atoms with Gasteiger partial charge in [0, 0.05) is 26.3 Å². The highest BCUT2D eigenvalue weighted by atomic mass is 16.3. The van der Waals surface area contributed by atoms with Gasteiger partial charge in [-0.25, -0.2) is 0 Å². The second kappa shape index (κ2) is 8.64. The lowest BCUT2D eigenvalue weighted by molar-refractivity contribution is -0.108. The van der Waals surface area contributed by atoms with Gasteiger partial charge in [-0.05, 0) is 12.8 Å². The van der Waals surface area contributed by atoms with Crippen LogP contribution in [0.2, 0.25) is 0 Å². The Morgan fingerprint density at radius 2 is 1.58 bits per heavy atom. The van der Waals surface area contributed by atoms with E-state index in [1.165, 1.54) is 0 Å². The van der Waals surface area contributed by atoms with Crippen LogP contribution in [0.15, 0.2) is 0 Å². The summed E-state index contributed by atoms with van der Waals surface area (Å²) in [7, 11) is 0. The summed E-state index contributed by atoms with van der Waals surface area (Å²) in [6.07, 6.45) is 2.20. The first-order valence-corrected chi connectivity index (χ1v) is 4.23. The van der Waals surface area contributed by atoms with E-state index in [9.17, 15) is 4.79 Å². The molecule has 0 radical (unpaired) electrons. The van der Waals surface area contributed by atoms with Crippen LogP contribution >= 0.6 is 0 Å². The predicted molar refractivity (Wildman–Crippen MR) is 45.9 cm³/mol. The summed E-state index contributed by atoms with van der Waals surface area (Å²) in [6, 6.07) is 0. The Balaban J connectivity index is 3.46. The fraction of sp³-hybridized carbons (Fsp3) is 0.875. The number of aliphatic hydroxyl groups is 2. The van der Waals surface area contributed by atoms with Crippen LogP contribution in [0.4, 0.5) is 0 Å². The molecule has 0 atom stereocenters. The molecule has 0 aliphatic carbocycles. The van der Waals surface area contributed by atoms with Crippen molar-refractivity contribution in [3.63, 3.8) is 0 Å². The minimum absolute atomic E-state index is 0.147. The van der Waals surface area contributed by atoms with Crippen LogP contribution in [0.25, 0.3) is 0 Å². The molecule has 0 saturated carbocycles. The molecule has 0 aromatic carbocycles. The van der Waals surface area contributed by atoms with Gasteiger partial charge in [0.05, 0.1) is 6.54 Å². The molecule has 0 fully saturated rings. The van der Waals surface area contributed by atoms with Crippen molar-refractivity contribution < 1.29 is 15.0 Å². The zero-order chi connectivity index (χ0) is 9.23. The molecule has 0 amide bonds. The van der Waals surface area contributed by atoms with Gasteiger partial charge in [-0.2, -0.15) is 0 Å². The van der Waals surface area contributed by atoms with Crippen molar-refractivity contribution in [1.29, 1.82) is 0 Å². The van der Waals surface area contributed by atoms with Crippen LogP contribution in [0.3, 0.4) is 0 Å². The summed E-state index contributed by atoms with van der Waals surface area (Å²) in [5, 5.41) is 17.1. The molecule has 0 aliphatic rings. The Morgan fingerprint density at radius 1 is 1.08 bits per heavy atom. The van der Waals surface area contributed by atoms with E-state index in [2.05, 4.69) is 0 Å². The Morgan fingerprint density at radius 3 is 1.92 bits per heavy atom. The number of aldehydes is 1. The SMILES string of the molecule is O=CCN(CCCO)CCCO. The minimum atomic E-state index is 0.147. The van der Waals surface area contributed by atoms with E-state index in [1.54, 1.807) is 0 Å². The topological polar surface area (TPSA) is 60.8 Å². The summed E-state index contributed by atoms with van der Waals surface area (Å²) >= 11 is 0. The van der Waals surface area contributed by atoms with Crippen LogP contribution in [0.5, 0.6) is 0 Å². The fourth-order valence-electron chi connectivity index (χ4n) is 0.988. The van der Waals surface area contributed by atoms with Crippen molar-refractivity contribution in [3.8, 4) is 0 Å². The lowest BCUT2D eigenvalue weighted by Crippen LogP contribution is -2.29. The largest absolute Gasteiger partial charge is 0.396 e. The number of carbonyl (C=O) groups is 1. The van der Waals surface area contributed by atoms with Crippen molar-refractivity contribution in [2.75, 3.05) is 32.8 Å². The molecular weight excluding hydrogens is 158 g/mol. The van der Waals surface area contributed by atoms with Gasteiger partial charge in [0.2, 0.25) is 0 Å². The van der Waals surface area contributed by atoms with Crippen LogP contribution in [-0.4, -0.2) is 54.2 Å². The van der Waals surface area contributed by atoms with E-state index < -0.39 is 0 Å². The van der Waals surface area contributed by atoms with E-state index in [4.69, 9.17) is 10.2 Å². The molecule has 0 aromatic heterocycles. The molecule has 72 valence electrons. The average Bonchev–Trinajstić information content (AvgIpc) is 2.10. The van der Waals surface area contributed by atoms with E-state index >= 15 is 0 Å². The molecule has 0 bridgehead atoms. The quantitative estimate of drug-likeness (QED) is 0.477.